The van der Waals surface area contributed by atoms with Gasteiger partial charge in [-0.1, -0.05) is 0 Å². The standard InChI is InChI=1S/C14H17F2N3O4S/c1-13(2)11(18-12(20)21)19-14(3,6-24(13,22)23)8-4-7(17)5-9(15)10(8)16/h4-5H,6,17H2,1-3H3,(H,18,19)(H,20,21). The zero-order valence-electron chi connectivity index (χ0n) is 13.2. The molecular formula is C14H17F2N3O4S. The molecule has 0 saturated heterocycles. The third-order valence-corrected chi connectivity index (χ3v) is 6.72. The summed E-state index contributed by atoms with van der Waals surface area (Å²) in [5.41, 5.74) is 3.33. The Morgan fingerprint density at radius 3 is 2.46 bits per heavy atom. The molecular weight excluding hydrogens is 344 g/mol. The molecule has 0 bridgehead atoms. The number of hydrogen-bond acceptors (Lipinski definition) is 5. The molecule has 1 heterocycles. The number of aliphatic imine (C=N–C) groups is 1. The van der Waals surface area contributed by atoms with Crippen LogP contribution in [0.3, 0.4) is 0 Å². The number of carboxylic acid groups (broad SMARTS) is 1. The van der Waals surface area contributed by atoms with Gasteiger partial charge in [0.25, 0.3) is 0 Å². The van der Waals surface area contributed by atoms with E-state index in [1.165, 1.54) is 20.8 Å². The van der Waals surface area contributed by atoms with Crippen molar-refractivity contribution in [1.29, 1.82) is 0 Å². The van der Waals surface area contributed by atoms with Gasteiger partial charge in [0.1, 0.15) is 16.1 Å². The summed E-state index contributed by atoms with van der Waals surface area (Å²) in [5, 5.41) is 10.9. The zero-order valence-corrected chi connectivity index (χ0v) is 14.0. The molecule has 4 N–H and O–H groups in total. The van der Waals surface area contributed by atoms with Gasteiger partial charge in [0.05, 0.1) is 5.75 Å². The lowest BCUT2D eigenvalue weighted by Gasteiger charge is -2.39. The van der Waals surface area contributed by atoms with Crippen LogP contribution in [0.15, 0.2) is 17.1 Å². The van der Waals surface area contributed by atoms with Crippen LogP contribution in [0.2, 0.25) is 0 Å². The van der Waals surface area contributed by atoms with Crippen LogP contribution in [0.1, 0.15) is 26.3 Å². The summed E-state index contributed by atoms with van der Waals surface area (Å²) in [6, 6.07) is 1.86. The largest absolute Gasteiger partial charge is 0.465 e. The van der Waals surface area contributed by atoms with Gasteiger partial charge in [-0.25, -0.2) is 22.0 Å². The minimum atomic E-state index is -3.94. The first-order valence-corrected chi connectivity index (χ1v) is 8.53. The molecule has 2 rings (SSSR count). The number of amides is 1. The van der Waals surface area contributed by atoms with Gasteiger partial charge in [0.2, 0.25) is 0 Å². The number of anilines is 1. The van der Waals surface area contributed by atoms with E-state index in [2.05, 4.69) is 4.99 Å². The number of benzene rings is 1. The van der Waals surface area contributed by atoms with Gasteiger partial charge in [-0.05, 0) is 32.9 Å². The topological polar surface area (TPSA) is 122 Å². The number of nitrogens with zero attached hydrogens (tertiary/aromatic N) is 1. The Morgan fingerprint density at radius 2 is 1.92 bits per heavy atom. The first-order valence-electron chi connectivity index (χ1n) is 6.88. The van der Waals surface area contributed by atoms with Crippen molar-refractivity contribution in [2.24, 2.45) is 4.99 Å². The fourth-order valence-electron chi connectivity index (χ4n) is 2.53. The minimum Gasteiger partial charge on any atom is -0.465 e. The normalized spacial score (nSPS) is 25.0. The fourth-order valence-corrected chi connectivity index (χ4v) is 4.24. The van der Waals surface area contributed by atoms with E-state index in [-0.39, 0.29) is 17.1 Å². The van der Waals surface area contributed by atoms with Gasteiger partial charge in [-0.3, -0.25) is 10.3 Å². The molecule has 7 nitrogen and oxygen atoms in total. The molecule has 1 aliphatic heterocycles. The third-order valence-electron chi connectivity index (χ3n) is 4.03. The molecule has 0 radical (unpaired) electrons. The summed E-state index contributed by atoms with van der Waals surface area (Å²) >= 11 is 0. The molecule has 132 valence electrons. The Morgan fingerprint density at radius 1 is 1.33 bits per heavy atom. The van der Waals surface area contributed by atoms with Crippen molar-refractivity contribution < 1.29 is 27.1 Å². The Bertz CT molecular complexity index is 852. The number of carbonyl (C=O) groups is 1. The van der Waals surface area contributed by atoms with Crippen LogP contribution >= 0.6 is 0 Å². The van der Waals surface area contributed by atoms with Crippen LogP contribution in [0, 0.1) is 11.6 Å². The number of amidine groups is 1. The second-order valence-electron chi connectivity index (χ2n) is 6.30. The summed E-state index contributed by atoms with van der Waals surface area (Å²) in [6.45, 7) is 3.85. The lowest BCUT2D eigenvalue weighted by Crippen LogP contribution is -2.57. The summed E-state index contributed by atoms with van der Waals surface area (Å²) < 4.78 is 51.5. The van der Waals surface area contributed by atoms with Gasteiger partial charge in [0.15, 0.2) is 21.5 Å². The fraction of sp³-hybridized carbons (Fsp3) is 0.429. The quantitative estimate of drug-likeness (QED) is 0.656. The van der Waals surface area contributed by atoms with Crippen molar-refractivity contribution >= 4 is 27.5 Å². The first kappa shape index (κ1) is 18.1. The number of nitrogens with two attached hydrogens (primary N) is 1. The van der Waals surface area contributed by atoms with E-state index in [1.807, 2.05) is 5.32 Å². The van der Waals surface area contributed by atoms with Crippen LogP contribution in [0.4, 0.5) is 19.3 Å². The van der Waals surface area contributed by atoms with Crippen molar-refractivity contribution in [2.75, 3.05) is 11.5 Å². The van der Waals surface area contributed by atoms with Crippen molar-refractivity contribution in [2.45, 2.75) is 31.1 Å². The molecule has 10 heteroatoms. The van der Waals surface area contributed by atoms with Gasteiger partial charge >= 0.3 is 6.09 Å². The van der Waals surface area contributed by atoms with Crippen LogP contribution in [-0.4, -0.2) is 36.0 Å². The minimum absolute atomic E-state index is 0.102. The van der Waals surface area contributed by atoms with Gasteiger partial charge in [0, 0.05) is 11.3 Å². The molecule has 0 aliphatic carbocycles. The SMILES string of the molecule is CC1(c2cc(N)cc(F)c2F)CS(=O)(=O)C(C)(C)C(NC(=O)O)=N1. The van der Waals surface area contributed by atoms with Gasteiger partial charge in [-0.2, -0.15) is 0 Å². The first-order chi connectivity index (χ1) is 10.8. The maximum absolute atomic E-state index is 14.2. The molecule has 0 spiro atoms. The second kappa shape index (κ2) is 5.40. The molecule has 1 aliphatic rings. The van der Waals surface area contributed by atoms with Crippen LogP contribution in [0.5, 0.6) is 0 Å². The van der Waals surface area contributed by atoms with Gasteiger partial charge in [-0.15, -0.1) is 0 Å². The molecule has 1 atom stereocenters. The van der Waals surface area contributed by atoms with Crippen LogP contribution < -0.4 is 11.1 Å². The van der Waals surface area contributed by atoms with E-state index in [0.717, 1.165) is 12.1 Å². The molecule has 0 fully saturated rings. The Balaban J connectivity index is 2.76. The van der Waals surface area contributed by atoms with Crippen LogP contribution in [0.25, 0.3) is 0 Å². The summed E-state index contributed by atoms with van der Waals surface area (Å²) in [5.74, 6) is -3.51. The Hall–Kier alpha value is -2.23. The number of rotatable bonds is 1. The Labute approximate surface area is 137 Å². The van der Waals surface area contributed by atoms with Crippen molar-refractivity contribution in [1.82, 2.24) is 5.32 Å². The molecule has 24 heavy (non-hydrogen) atoms. The van der Waals surface area contributed by atoms with E-state index in [0.29, 0.717) is 0 Å². The predicted molar refractivity (Wildman–Crippen MR) is 84.6 cm³/mol. The van der Waals surface area contributed by atoms with Crippen molar-refractivity contribution in [3.63, 3.8) is 0 Å². The maximum Gasteiger partial charge on any atom is 0.410 e. The van der Waals surface area contributed by atoms with E-state index in [1.54, 1.807) is 0 Å². The second-order valence-corrected chi connectivity index (χ2v) is 8.84. The Kier molecular flexibility index (Phi) is 4.08. The number of nitrogen functional groups attached to an aromatic ring is 1. The monoisotopic (exact) mass is 361 g/mol. The number of sulfone groups is 1. The molecule has 0 saturated carbocycles. The molecule has 1 aromatic carbocycles. The molecule has 1 amide bonds. The lowest BCUT2D eigenvalue weighted by molar-refractivity contribution is 0.199. The number of nitrogens with one attached hydrogen (secondary N) is 1. The van der Waals surface area contributed by atoms with E-state index in [9.17, 15) is 22.0 Å². The lowest BCUT2D eigenvalue weighted by atomic mass is 9.92. The zero-order chi connectivity index (χ0) is 18.5. The highest BCUT2D eigenvalue weighted by atomic mass is 32.2. The molecule has 1 aromatic rings. The highest BCUT2D eigenvalue weighted by Crippen LogP contribution is 2.39. The highest BCUT2D eigenvalue weighted by Gasteiger charge is 2.51. The van der Waals surface area contributed by atoms with Crippen molar-refractivity contribution in [3.8, 4) is 0 Å². The maximum atomic E-state index is 14.2. The summed E-state index contributed by atoms with van der Waals surface area (Å²) in [4.78, 5) is 15.0. The van der Waals surface area contributed by atoms with E-state index < -0.39 is 43.6 Å². The predicted octanol–water partition coefficient (Wildman–Crippen LogP) is 1.64. The van der Waals surface area contributed by atoms with Crippen molar-refractivity contribution in [3.05, 3.63) is 29.3 Å². The van der Waals surface area contributed by atoms with Gasteiger partial charge < -0.3 is 10.8 Å². The average Bonchev–Trinajstić information content (AvgIpc) is 2.39. The summed E-state index contributed by atoms with van der Waals surface area (Å²) in [6.07, 6.45) is -1.51. The molecule has 1 unspecified atom stereocenters. The van der Waals surface area contributed by atoms with E-state index in [4.69, 9.17) is 10.8 Å². The third kappa shape index (κ3) is 2.81. The van der Waals surface area contributed by atoms with E-state index >= 15 is 0 Å². The highest BCUT2D eigenvalue weighted by molar-refractivity contribution is 7.93. The smallest absolute Gasteiger partial charge is 0.410 e. The summed E-state index contributed by atoms with van der Waals surface area (Å²) in [7, 11) is -3.94. The molecule has 0 aromatic heterocycles. The van der Waals surface area contributed by atoms with Crippen LogP contribution in [-0.2, 0) is 15.4 Å². The number of halogens is 2. The number of hydrogen-bond donors (Lipinski definition) is 3. The average molecular weight is 361 g/mol.